The first-order valence-electron chi connectivity index (χ1n) is 3.34. The number of ether oxygens (including phenoxy) is 1. The van der Waals surface area contributed by atoms with Gasteiger partial charge in [-0.15, -0.1) is 0 Å². The van der Waals surface area contributed by atoms with Crippen molar-refractivity contribution in [2.45, 2.75) is 6.18 Å². The summed E-state index contributed by atoms with van der Waals surface area (Å²) in [5.74, 6) is -3.27. The quantitative estimate of drug-likeness (QED) is 0.498. The molecule has 1 amide bonds. The van der Waals surface area contributed by atoms with Crippen LogP contribution in [0.3, 0.4) is 0 Å². The molecular weight excluding hydrogens is 203 g/mol. The lowest BCUT2D eigenvalue weighted by molar-refractivity contribution is -0.182. The third kappa shape index (κ3) is 2.75. The molecule has 0 heterocycles. The largest absolute Gasteiger partial charge is 0.471 e. The van der Waals surface area contributed by atoms with Crippen LogP contribution in [0.15, 0.2) is 12.3 Å². The highest BCUT2D eigenvalue weighted by atomic mass is 19.4. The van der Waals surface area contributed by atoms with Crippen LogP contribution >= 0.6 is 0 Å². The zero-order valence-corrected chi connectivity index (χ0v) is 7.51. The third-order valence-corrected chi connectivity index (χ3v) is 1.37. The minimum absolute atomic E-state index is 0.0891. The van der Waals surface area contributed by atoms with E-state index in [-0.39, 0.29) is 4.90 Å². The highest BCUT2D eigenvalue weighted by Gasteiger charge is 2.42. The number of hydrogen-bond acceptors (Lipinski definition) is 3. The van der Waals surface area contributed by atoms with Crippen LogP contribution < -0.4 is 0 Å². The number of methoxy groups -OCH3 is 1. The van der Waals surface area contributed by atoms with Gasteiger partial charge in [0.1, 0.15) is 5.70 Å². The Kier molecular flexibility index (Phi) is 3.67. The Balaban J connectivity index is 4.64. The maximum absolute atomic E-state index is 11.8. The smallest absolute Gasteiger partial charge is 0.464 e. The molecule has 0 unspecified atom stereocenters. The zero-order valence-electron chi connectivity index (χ0n) is 7.51. The summed E-state index contributed by atoms with van der Waals surface area (Å²) in [5, 5.41) is 0. The van der Waals surface area contributed by atoms with Gasteiger partial charge in [-0.2, -0.15) is 13.2 Å². The topological polar surface area (TPSA) is 46.6 Å². The average molecular weight is 211 g/mol. The van der Waals surface area contributed by atoms with Crippen molar-refractivity contribution in [1.82, 2.24) is 4.90 Å². The van der Waals surface area contributed by atoms with Crippen molar-refractivity contribution in [3.63, 3.8) is 0 Å². The molecule has 0 spiro atoms. The molecule has 0 aliphatic heterocycles. The van der Waals surface area contributed by atoms with E-state index in [0.29, 0.717) is 0 Å². The van der Waals surface area contributed by atoms with Gasteiger partial charge >= 0.3 is 18.1 Å². The van der Waals surface area contributed by atoms with E-state index >= 15 is 0 Å². The van der Waals surface area contributed by atoms with Gasteiger partial charge in [-0.25, -0.2) is 4.79 Å². The Bertz CT molecular complexity index is 272. The van der Waals surface area contributed by atoms with Gasteiger partial charge in [0.15, 0.2) is 0 Å². The third-order valence-electron chi connectivity index (χ3n) is 1.37. The number of amides is 1. The molecule has 0 radical (unpaired) electrons. The summed E-state index contributed by atoms with van der Waals surface area (Å²) in [7, 11) is 1.76. The lowest BCUT2D eigenvalue weighted by atomic mass is 10.4. The van der Waals surface area contributed by atoms with Crippen molar-refractivity contribution in [2.24, 2.45) is 0 Å². The number of alkyl halides is 3. The molecule has 0 atom stereocenters. The van der Waals surface area contributed by atoms with Crippen molar-refractivity contribution in [3.05, 3.63) is 12.3 Å². The van der Waals surface area contributed by atoms with Crippen LogP contribution in [0.4, 0.5) is 13.2 Å². The molecule has 0 saturated heterocycles. The first kappa shape index (κ1) is 12.5. The van der Waals surface area contributed by atoms with E-state index < -0.39 is 23.7 Å². The molecule has 7 heteroatoms. The van der Waals surface area contributed by atoms with Crippen LogP contribution in [0.2, 0.25) is 0 Å². The summed E-state index contributed by atoms with van der Waals surface area (Å²) < 4.78 is 39.6. The predicted molar refractivity (Wildman–Crippen MR) is 40.0 cm³/mol. The van der Waals surface area contributed by atoms with Gasteiger partial charge in [0, 0.05) is 7.05 Å². The Labute approximate surface area is 77.9 Å². The fourth-order valence-corrected chi connectivity index (χ4v) is 0.567. The van der Waals surface area contributed by atoms with Crippen LogP contribution in [-0.2, 0) is 14.3 Å². The van der Waals surface area contributed by atoms with E-state index in [1.54, 1.807) is 0 Å². The molecule has 0 N–H and O–H groups in total. The molecule has 0 rings (SSSR count). The van der Waals surface area contributed by atoms with Crippen LogP contribution in [0.25, 0.3) is 0 Å². The highest BCUT2D eigenvalue weighted by molar-refractivity contribution is 5.94. The van der Waals surface area contributed by atoms with E-state index in [1.807, 2.05) is 0 Å². The van der Waals surface area contributed by atoms with E-state index in [9.17, 15) is 22.8 Å². The molecule has 0 saturated carbocycles. The summed E-state index contributed by atoms with van der Waals surface area (Å²) in [5.41, 5.74) is -0.671. The molecule has 0 fully saturated rings. The Morgan fingerprint density at radius 3 is 2.07 bits per heavy atom. The van der Waals surface area contributed by atoms with Crippen molar-refractivity contribution < 1.29 is 27.5 Å². The average Bonchev–Trinajstić information content (AvgIpc) is 2.11. The van der Waals surface area contributed by atoms with Gasteiger partial charge in [-0.1, -0.05) is 6.58 Å². The number of esters is 1. The Morgan fingerprint density at radius 2 is 1.79 bits per heavy atom. The molecule has 0 bridgehead atoms. The number of hydrogen-bond donors (Lipinski definition) is 0. The molecule has 0 aromatic carbocycles. The van der Waals surface area contributed by atoms with E-state index in [0.717, 1.165) is 14.2 Å². The lowest BCUT2D eigenvalue weighted by Crippen LogP contribution is -2.39. The number of likely N-dealkylation sites (N-methyl/N-ethyl adjacent to an activating group) is 1. The van der Waals surface area contributed by atoms with Gasteiger partial charge in [0.05, 0.1) is 7.11 Å². The second-order valence-electron chi connectivity index (χ2n) is 2.30. The minimum atomic E-state index is -5.04. The van der Waals surface area contributed by atoms with Gasteiger partial charge in [0.2, 0.25) is 0 Å². The highest BCUT2D eigenvalue weighted by Crippen LogP contribution is 2.19. The molecular formula is C7H8F3NO3. The summed E-state index contributed by atoms with van der Waals surface area (Å²) in [6, 6.07) is 0. The summed E-state index contributed by atoms with van der Waals surface area (Å²) in [6.07, 6.45) is -5.04. The maximum atomic E-state index is 11.8. The van der Waals surface area contributed by atoms with Crippen LogP contribution in [0.5, 0.6) is 0 Å². The zero-order chi connectivity index (χ0) is 11.5. The molecule has 0 aliphatic rings. The fraction of sp³-hybridized carbons (Fsp3) is 0.429. The second-order valence-corrected chi connectivity index (χ2v) is 2.30. The molecule has 80 valence electrons. The fourth-order valence-electron chi connectivity index (χ4n) is 0.567. The maximum Gasteiger partial charge on any atom is 0.471 e. The van der Waals surface area contributed by atoms with Crippen LogP contribution in [-0.4, -0.2) is 37.1 Å². The van der Waals surface area contributed by atoms with Crippen molar-refractivity contribution >= 4 is 11.9 Å². The first-order valence-corrected chi connectivity index (χ1v) is 3.34. The van der Waals surface area contributed by atoms with Crippen molar-refractivity contribution in [1.29, 1.82) is 0 Å². The standard InChI is InChI=1S/C7H8F3NO3/c1-4(5(12)14-3)11(2)6(13)7(8,9)10/h1H2,2-3H3. The molecule has 0 aromatic heterocycles. The van der Waals surface area contributed by atoms with Gasteiger partial charge < -0.3 is 9.64 Å². The Hall–Kier alpha value is -1.53. The van der Waals surface area contributed by atoms with Gasteiger partial charge in [0.25, 0.3) is 0 Å². The number of carbonyl (C=O) groups is 2. The monoisotopic (exact) mass is 211 g/mol. The van der Waals surface area contributed by atoms with Gasteiger partial charge in [-0.05, 0) is 0 Å². The number of rotatable bonds is 2. The second kappa shape index (κ2) is 4.12. The Morgan fingerprint density at radius 1 is 1.36 bits per heavy atom. The molecule has 0 aliphatic carbocycles. The number of nitrogens with zero attached hydrogens (tertiary/aromatic N) is 1. The molecule has 0 aromatic rings. The summed E-state index contributed by atoms with van der Waals surface area (Å²) in [4.78, 5) is 21.3. The SMILES string of the molecule is C=C(C(=O)OC)N(C)C(=O)C(F)(F)F. The number of carbonyl (C=O) groups excluding carboxylic acids is 2. The summed E-state index contributed by atoms with van der Waals surface area (Å²) >= 11 is 0. The van der Waals surface area contributed by atoms with Gasteiger partial charge in [-0.3, -0.25) is 4.79 Å². The first-order chi connectivity index (χ1) is 6.21. The van der Waals surface area contributed by atoms with E-state index in [1.165, 1.54) is 0 Å². The van der Waals surface area contributed by atoms with Crippen LogP contribution in [0.1, 0.15) is 0 Å². The predicted octanol–water partition coefficient (Wildman–Crippen LogP) is 0.694. The van der Waals surface area contributed by atoms with Crippen molar-refractivity contribution in [3.8, 4) is 0 Å². The van der Waals surface area contributed by atoms with Crippen LogP contribution in [0, 0.1) is 0 Å². The molecule has 4 nitrogen and oxygen atoms in total. The lowest BCUT2D eigenvalue weighted by Gasteiger charge is -2.18. The van der Waals surface area contributed by atoms with E-state index in [2.05, 4.69) is 11.3 Å². The number of halogens is 3. The summed E-state index contributed by atoms with van der Waals surface area (Å²) in [6.45, 7) is 2.99. The van der Waals surface area contributed by atoms with E-state index in [4.69, 9.17) is 0 Å². The molecule has 14 heavy (non-hydrogen) atoms. The van der Waals surface area contributed by atoms with Crippen molar-refractivity contribution in [2.75, 3.05) is 14.2 Å². The normalized spacial score (nSPS) is 10.6. The minimum Gasteiger partial charge on any atom is -0.464 e.